The van der Waals surface area contributed by atoms with Gasteiger partial charge in [0.2, 0.25) is 5.91 Å². The fraction of sp³-hybridized carbons (Fsp3) is 0.692. The molecule has 7 nitrogen and oxygen atoms in total. The zero-order valence-electron chi connectivity index (χ0n) is 20.4. The summed E-state index contributed by atoms with van der Waals surface area (Å²) < 4.78 is 31.4. The molecule has 1 atom stereocenters. The van der Waals surface area contributed by atoms with Gasteiger partial charge in [-0.1, -0.05) is 57.1 Å². The number of hydrogen-bond donors (Lipinski definition) is 1. The van der Waals surface area contributed by atoms with E-state index < -0.39 is 27.4 Å². The van der Waals surface area contributed by atoms with Gasteiger partial charge in [0.05, 0.1) is 25.2 Å². The molecule has 0 spiro atoms. The van der Waals surface area contributed by atoms with Crippen LogP contribution in [-0.2, 0) is 26.0 Å². The van der Waals surface area contributed by atoms with Crippen LogP contribution in [0.15, 0.2) is 24.3 Å². The van der Waals surface area contributed by atoms with E-state index in [9.17, 15) is 18.0 Å². The first-order valence-corrected chi connectivity index (χ1v) is 14.5. The Morgan fingerprint density at radius 2 is 1.53 bits per heavy atom. The van der Waals surface area contributed by atoms with Crippen molar-refractivity contribution in [2.45, 2.75) is 77.2 Å². The van der Waals surface area contributed by atoms with Crippen molar-refractivity contribution in [2.75, 3.05) is 18.6 Å². The highest BCUT2D eigenvalue weighted by Gasteiger charge is 2.38. The van der Waals surface area contributed by atoms with E-state index in [4.69, 9.17) is 10.6 Å². The molecular formula is C26H40N2O5S. The lowest BCUT2D eigenvalue weighted by Crippen LogP contribution is -2.47. The largest absolute Gasteiger partial charge is 0.497 e. The number of ketones is 1. The molecule has 1 amide bonds. The number of methoxy groups -OCH3 is 1. The molecule has 190 valence electrons. The molecule has 2 fully saturated rings. The Morgan fingerprint density at radius 1 is 0.971 bits per heavy atom. The van der Waals surface area contributed by atoms with Gasteiger partial charge in [0.25, 0.3) is 0 Å². The topological polar surface area (TPSA) is 107 Å². The first kappa shape index (κ1) is 26.7. The normalized spacial score (nSPS) is 19.2. The number of sulfone groups is 1. The molecule has 34 heavy (non-hydrogen) atoms. The maximum atomic E-state index is 13.5. The molecule has 0 heterocycles. The van der Waals surface area contributed by atoms with E-state index in [-0.39, 0.29) is 29.9 Å². The number of nitrogens with zero attached hydrogens (tertiary/aromatic N) is 1. The maximum absolute atomic E-state index is 13.5. The fourth-order valence-corrected chi connectivity index (χ4v) is 7.37. The first-order valence-electron chi connectivity index (χ1n) is 12.7. The Labute approximate surface area is 204 Å². The Bertz CT molecular complexity index is 902. The second kappa shape index (κ2) is 12.7. The molecule has 2 saturated carbocycles. The summed E-state index contributed by atoms with van der Waals surface area (Å²) in [5, 5.41) is 1.01. The van der Waals surface area contributed by atoms with Gasteiger partial charge in [-0.3, -0.25) is 14.6 Å². The van der Waals surface area contributed by atoms with Crippen molar-refractivity contribution in [3.8, 4) is 5.75 Å². The summed E-state index contributed by atoms with van der Waals surface area (Å²) in [6.07, 6.45) is 10.5. The monoisotopic (exact) mass is 492 g/mol. The average Bonchev–Trinajstić information content (AvgIpc) is 3.12. The average molecular weight is 493 g/mol. The molecule has 0 saturated heterocycles. The van der Waals surface area contributed by atoms with Gasteiger partial charge >= 0.3 is 0 Å². The second-order valence-electron chi connectivity index (χ2n) is 10.0. The summed E-state index contributed by atoms with van der Waals surface area (Å²) in [6.45, 7) is 0.0972. The van der Waals surface area contributed by atoms with E-state index in [1.165, 1.54) is 0 Å². The van der Waals surface area contributed by atoms with Crippen LogP contribution in [0, 0.1) is 17.8 Å². The molecule has 0 aromatic heterocycles. The van der Waals surface area contributed by atoms with Crippen molar-refractivity contribution >= 4 is 21.5 Å². The Morgan fingerprint density at radius 3 is 2.12 bits per heavy atom. The van der Waals surface area contributed by atoms with Crippen LogP contribution in [0.5, 0.6) is 5.75 Å². The van der Waals surface area contributed by atoms with Crippen LogP contribution in [0.25, 0.3) is 0 Å². The van der Waals surface area contributed by atoms with Crippen LogP contribution in [0.4, 0.5) is 0 Å². The zero-order valence-corrected chi connectivity index (χ0v) is 21.2. The van der Waals surface area contributed by atoms with Crippen LogP contribution >= 0.6 is 0 Å². The quantitative estimate of drug-likeness (QED) is 0.174. The van der Waals surface area contributed by atoms with Gasteiger partial charge in [0.1, 0.15) is 17.5 Å². The summed E-state index contributed by atoms with van der Waals surface area (Å²) in [4.78, 5) is 26.9. The highest BCUT2D eigenvalue weighted by atomic mass is 32.2. The van der Waals surface area contributed by atoms with Gasteiger partial charge in [-0.2, -0.15) is 0 Å². The molecule has 0 bridgehead atoms. The summed E-state index contributed by atoms with van der Waals surface area (Å²) in [6, 6.07) is 7.15. The van der Waals surface area contributed by atoms with E-state index in [2.05, 4.69) is 0 Å². The minimum atomic E-state index is -3.57. The Balaban J connectivity index is 1.75. The SMILES string of the molecule is COc1ccc(CN(N)C(=O)[C@H](CS(=O)(=O)CC2CCCCC2)C(=O)C2CCCCCC2)cc1. The lowest BCUT2D eigenvalue weighted by molar-refractivity contribution is -0.142. The van der Waals surface area contributed by atoms with Gasteiger partial charge in [0.15, 0.2) is 9.84 Å². The van der Waals surface area contributed by atoms with E-state index in [0.29, 0.717) is 18.6 Å². The van der Waals surface area contributed by atoms with Gasteiger partial charge < -0.3 is 4.74 Å². The van der Waals surface area contributed by atoms with Crippen LogP contribution in [0.1, 0.15) is 76.2 Å². The van der Waals surface area contributed by atoms with E-state index >= 15 is 0 Å². The molecule has 3 rings (SSSR count). The fourth-order valence-electron chi connectivity index (χ4n) is 5.36. The predicted molar refractivity (Wildman–Crippen MR) is 133 cm³/mol. The van der Waals surface area contributed by atoms with Crippen LogP contribution < -0.4 is 10.6 Å². The summed E-state index contributed by atoms with van der Waals surface area (Å²) in [5.41, 5.74) is 0.780. The molecule has 8 heteroatoms. The van der Waals surface area contributed by atoms with Crippen molar-refractivity contribution in [3.63, 3.8) is 0 Å². The van der Waals surface area contributed by atoms with Crippen molar-refractivity contribution in [1.29, 1.82) is 0 Å². The smallest absolute Gasteiger partial charge is 0.248 e. The minimum absolute atomic E-state index is 0.0534. The minimum Gasteiger partial charge on any atom is -0.497 e. The molecule has 0 unspecified atom stereocenters. The van der Waals surface area contributed by atoms with Gasteiger partial charge in [-0.15, -0.1) is 0 Å². The van der Waals surface area contributed by atoms with E-state index in [0.717, 1.165) is 68.4 Å². The summed E-state index contributed by atoms with van der Waals surface area (Å²) in [7, 11) is -2.00. The maximum Gasteiger partial charge on any atom is 0.248 e. The Kier molecular flexibility index (Phi) is 9.95. The number of rotatable bonds is 10. The standard InChI is InChI=1S/C26H40N2O5S/c1-33-23-15-13-20(14-16-23)17-28(27)26(30)24(25(29)22-11-7-2-3-8-12-22)19-34(31,32)18-21-9-5-4-6-10-21/h13-16,21-22,24H,2-12,17-19,27H2,1H3/t24-/m1/s1. The lowest BCUT2D eigenvalue weighted by atomic mass is 9.87. The van der Waals surface area contributed by atoms with Gasteiger partial charge in [-0.05, 0) is 49.3 Å². The highest BCUT2D eigenvalue weighted by Crippen LogP contribution is 2.29. The van der Waals surface area contributed by atoms with Crippen molar-refractivity contribution in [3.05, 3.63) is 29.8 Å². The van der Waals surface area contributed by atoms with Crippen LogP contribution in [-0.4, -0.2) is 43.7 Å². The van der Waals surface area contributed by atoms with Gasteiger partial charge in [0, 0.05) is 5.92 Å². The molecule has 2 N–H and O–H groups in total. The molecule has 2 aliphatic rings. The van der Waals surface area contributed by atoms with Crippen molar-refractivity contribution in [1.82, 2.24) is 5.01 Å². The summed E-state index contributed by atoms with van der Waals surface area (Å²) in [5.74, 6) is 4.20. The molecule has 0 aliphatic heterocycles. The molecule has 2 aliphatic carbocycles. The number of hydrogen-bond acceptors (Lipinski definition) is 6. The third kappa shape index (κ3) is 7.80. The predicted octanol–water partition coefficient (Wildman–Crippen LogP) is 4.05. The number of carbonyl (C=O) groups excluding carboxylic acids is 2. The second-order valence-corrected chi connectivity index (χ2v) is 12.2. The Hall–Kier alpha value is -1.93. The molecule has 1 aromatic rings. The number of carbonyl (C=O) groups is 2. The van der Waals surface area contributed by atoms with Crippen LogP contribution in [0.3, 0.4) is 0 Å². The highest BCUT2D eigenvalue weighted by molar-refractivity contribution is 7.91. The van der Waals surface area contributed by atoms with E-state index in [1.807, 2.05) is 0 Å². The zero-order chi connectivity index (χ0) is 24.6. The third-order valence-corrected chi connectivity index (χ3v) is 9.15. The third-order valence-electron chi connectivity index (χ3n) is 7.33. The lowest BCUT2D eigenvalue weighted by Gasteiger charge is -2.27. The number of ether oxygens (including phenoxy) is 1. The van der Waals surface area contributed by atoms with Crippen molar-refractivity contribution in [2.24, 2.45) is 23.6 Å². The number of Topliss-reactive ketones (excluding diaryl/α,β-unsaturated/α-hetero) is 1. The number of benzene rings is 1. The van der Waals surface area contributed by atoms with Crippen LogP contribution in [0.2, 0.25) is 0 Å². The number of nitrogens with two attached hydrogens (primary N) is 1. The number of amides is 1. The van der Waals surface area contributed by atoms with E-state index in [1.54, 1.807) is 31.4 Å². The first-order chi connectivity index (χ1) is 16.3. The van der Waals surface area contributed by atoms with Gasteiger partial charge in [-0.25, -0.2) is 14.3 Å². The molecule has 0 radical (unpaired) electrons. The molecular weight excluding hydrogens is 452 g/mol. The summed E-state index contributed by atoms with van der Waals surface area (Å²) >= 11 is 0. The number of hydrazine groups is 1. The van der Waals surface area contributed by atoms with Crippen molar-refractivity contribution < 1.29 is 22.7 Å². The molecule has 1 aromatic carbocycles.